The molecule has 0 radical (unpaired) electrons. The monoisotopic (exact) mass is 758 g/mol. The zero-order valence-corrected chi connectivity index (χ0v) is 33.7. The predicted molar refractivity (Wildman–Crippen MR) is 224 cm³/mol. The highest BCUT2D eigenvalue weighted by Gasteiger charge is 2.35. The molecule has 56 heavy (non-hydrogen) atoms. The lowest BCUT2D eigenvalue weighted by Crippen LogP contribution is -2.40. The molecule has 0 aliphatic carbocycles. The Bertz CT molecular complexity index is 1790. The van der Waals surface area contributed by atoms with Gasteiger partial charge in [-0.3, -0.25) is 14.5 Å². The molecule has 6 rings (SSSR count). The van der Waals surface area contributed by atoms with Gasteiger partial charge >= 0.3 is 0 Å². The zero-order chi connectivity index (χ0) is 39.1. The van der Waals surface area contributed by atoms with Crippen LogP contribution in [0.5, 0.6) is 0 Å². The standard InChI is InChI=1S/C49H62N2O5/c1-3-5-7-9-11-15-29-50(30-16-12-10-8-6-4-2)35-43-33-46(39-27-25-37(36-52)26-28-39)56-49(55-43)42-22-18-21-41(32-42)40-20-17-19-38(31-40)34-51-47(53)44-23-13-14-24-45(44)48(51)54/h13-14,17-28,31-32,43,46,49,52H,3-12,15-16,29-30,33-36H2,1-2H3/t43-,46+,49+/m1/s1. The lowest BCUT2D eigenvalue weighted by Gasteiger charge is -2.38. The van der Waals surface area contributed by atoms with Gasteiger partial charge in [0.05, 0.1) is 36.5 Å². The number of hydrogen-bond acceptors (Lipinski definition) is 6. The highest BCUT2D eigenvalue weighted by atomic mass is 16.7. The Morgan fingerprint density at radius 3 is 1.84 bits per heavy atom. The van der Waals surface area contributed by atoms with Crippen LogP contribution in [0.1, 0.15) is 153 Å². The second kappa shape index (κ2) is 21.4. The van der Waals surface area contributed by atoms with Crippen molar-refractivity contribution in [1.82, 2.24) is 9.80 Å². The van der Waals surface area contributed by atoms with Crippen molar-refractivity contribution in [3.05, 3.63) is 130 Å². The van der Waals surface area contributed by atoms with Crippen LogP contribution >= 0.6 is 0 Å². The molecule has 2 aliphatic rings. The van der Waals surface area contributed by atoms with Gasteiger partial charge in [-0.15, -0.1) is 0 Å². The van der Waals surface area contributed by atoms with E-state index in [1.54, 1.807) is 24.3 Å². The van der Waals surface area contributed by atoms with Crippen LogP contribution in [0.2, 0.25) is 0 Å². The number of carbonyl (C=O) groups excluding carboxylic acids is 2. The second-order valence-corrected chi connectivity index (χ2v) is 15.8. The quantitative estimate of drug-likeness (QED) is 0.0635. The summed E-state index contributed by atoms with van der Waals surface area (Å²) in [6, 6.07) is 31.6. The highest BCUT2D eigenvalue weighted by Crippen LogP contribution is 2.39. The minimum Gasteiger partial charge on any atom is -0.392 e. The van der Waals surface area contributed by atoms with Crippen LogP contribution in [-0.4, -0.2) is 52.5 Å². The molecule has 0 spiro atoms. The van der Waals surface area contributed by atoms with Crippen LogP contribution in [0.3, 0.4) is 0 Å². The average Bonchev–Trinajstić information content (AvgIpc) is 3.47. The number of amides is 2. The third-order valence-electron chi connectivity index (χ3n) is 11.4. The van der Waals surface area contributed by atoms with E-state index >= 15 is 0 Å². The number of hydrogen-bond donors (Lipinski definition) is 1. The van der Waals surface area contributed by atoms with E-state index in [4.69, 9.17) is 9.47 Å². The number of benzene rings is 4. The average molecular weight is 759 g/mol. The minimum atomic E-state index is -0.553. The van der Waals surface area contributed by atoms with Gasteiger partial charge in [0.25, 0.3) is 11.8 Å². The van der Waals surface area contributed by atoms with Crippen LogP contribution in [0.15, 0.2) is 97.1 Å². The van der Waals surface area contributed by atoms with Crippen molar-refractivity contribution in [2.24, 2.45) is 0 Å². The molecule has 7 nitrogen and oxygen atoms in total. The number of unbranched alkanes of at least 4 members (excludes halogenated alkanes) is 10. The summed E-state index contributed by atoms with van der Waals surface area (Å²) in [5.41, 5.74) is 6.74. The van der Waals surface area contributed by atoms with Gasteiger partial charge in [-0.1, -0.05) is 151 Å². The molecular formula is C49H62N2O5. The number of rotatable bonds is 22. The van der Waals surface area contributed by atoms with Crippen LogP contribution in [0.4, 0.5) is 0 Å². The normalized spacial score (nSPS) is 18.2. The Morgan fingerprint density at radius 1 is 0.625 bits per heavy atom. The lowest BCUT2D eigenvalue weighted by atomic mass is 9.98. The number of aliphatic hydroxyl groups is 1. The van der Waals surface area contributed by atoms with Crippen LogP contribution in [0.25, 0.3) is 11.1 Å². The van der Waals surface area contributed by atoms with Gasteiger partial charge in [0.15, 0.2) is 6.29 Å². The summed E-state index contributed by atoms with van der Waals surface area (Å²) in [7, 11) is 0. The molecule has 2 heterocycles. The maximum atomic E-state index is 13.1. The van der Waals surface area contributed by atoms with Crippen LogP contribution in [0, 0.1) is 0 Å². The Morgan fingerprint density at radius 2 is 1.21 bits per heavy atom. The maximum Gasteiger partial charge on any atom is 0.261 e. The Balaban J connectivity index is 1.18. The molecule has 298 valence electrons. The Hall–Kier alpha value is -4.14. The maximum absolute atomic E-state index is 13.1. The minimum absolute atomic E-state index is 0.0110. The summed E-state index contributed by atoms with van der Waals surface area (Å²) in [5, 5.41) is 9.71. The third kappa shape index (κ3) is 11.3. The number of aliphatic hydroxyl groups excluding tert-OH is 1. The first-order chi connectivity index (χ1) is 27.5. The van der Waals surface area contributed by atoms with E-state index in [-0.39, 0.29) is 37.2 Å². The van der Waals surface area contributed by atoms with E-state index in [1.165, 1.54) is 81.9 Å². The molecule has 4 aromatic rings. The van der Waals surface area contributed by atoms with Gasteiger partial charge < -0.3 is 19.5 Å². The summed E-state index contributed by atoms with van der Waals surface area (Å²) in [6.07, 6.45) is 15.5. The zero-order valence-electron chi connectivity index (χ0n) is 33.7. The smallest absolute Gasteiger partial charge is 0.261 e. The van der Waals surface area contributed by atoms with Crippen molar-refractivity contribution < 1.29 is 24.2 Å². The summed E-state index contributed by atoms with van der Waals surface area (Å²) < 4.78 is 13.7. The fraction of sp³-hybridized carbons (Fsp3) is 0.469. The third-order valence-corrected chi connectivity index (χ3v) is 11.4. The predicted octanol–water partition coefficient (Wildman–Crippen LogP) is 11.2. The molecule has 4 aromatic carbocycles. The molecule has 1 fully saturated rings. The van der Waals surface area contributed by atoms with Gasteiger partial charge in [-0.2, -0.15) is 0 Å². The molecule has 0 aromatic heterocycles. The van der Waals surface area contributed by atoms with Crippen LogP contribution < -0.4 is 0 Å². The molecule has 2 aliphatic heterocycles. The first-order valence-electron chi connectivity index (χ1n) is 21.3. The number of nitrogens with zero attached hydrogens (tertiary/aromatic N) is 2. The number of imide groups is 1. The number of carbonyl (C=O) groups is 2. The first-order valence-corrected chi connectivity index (χ1v) is 21.3. The van der Waals surface area contributed by atoms with E-state index in [2.05, 4.69) is 61.2 Å². The van der Waals surface area contributed by atoms with Crippen molar-refractivity contribution in [1.29, 1.82) is 0 Å². The molecule has 0 saturated carbocycles. The van der Waals surface area contributed by atoms with Crippen molar-refractivity contribution >= 4 is 11.8 Å². The molecule has 1 N–H and O–H groups in total. The number of ether oxygens (including phenoxy) is 2. The molecular weight excluding hydrogens is 697 g/mol. The second-order valence-electron chi connectivity index (χ2n) is 15.8. The lowest BCUT2D eigenvalue weighted by molar-refractivity contribution is -0.253. The molecule has 0 unspecified atom stereocenters. The van der Waals surface area contributed by atoms with Crippen molar-refractivity contribution in [3.63, 3.8) is 0 Å². The highest BCUT2D eigenvalue weighted by molar-refractivity contribution is 6.21. The van der Waals surface area contributed by atoms with Crippen molar-refractivity contribution in [3.8, 4) is 11.1 Å². The summed E-state index contributed by atoms with van der Waals surface area (Å²) in [5.74, 6) is -0.505. The topological polar surface area (TPSA) is 79.3 Å². The fourth-order valence-corrected chi connectivity index (χ4v) is 8.13. The van der Waals surface area contributed by atoms with Gasteiger partial charge in [-0.25, -0.2) is 0 Å². The van der Waals surface area contributed by atoms with Gasteiger partial charge in [-0.05, 0) is 78.0 Å². The first kappa shape index (κ1) is 41.5. The SMILES string of the molecule is CCCCCCCCN(CCCCCCCC)C[C@H]1C[C@@H](c2ccc(CO)cc2)O[C@@H](c2cccc(-c3cccc(CN4C(=O)c5ccccc5C4=O)c3)c2)O1. The summed E-state index contributed by atoms with van der Waals surface area (Å²) in [4.78, 5) is 30.2. The number of fused-ring (bicyclic) bond motifs is 1. The molecule has 2 amide bonds. The Labute approximate surface area is 335 Å². The summed E-state index contributed by atoms with van der Waals surface area (Å²) >= 11 is 0. The van der Waals surface area contributed by atoms with Gasteiger partial charge in [0.2, 0.25) is 0 Å². The Kier molecular flexibility index (Phi) is 15.9. The van der Waals surface area contributed by atoms with Crippen LogP contribution in [-0.2, 0) is 22.6 Å². The fourth-order valence-electron chi connectivity index (χ4n) is 8.13. The van der Waals surface area contributed by atoms with Crippen molar-refractivity contribution in [2.45, 2.75) is 129 Å². The summed E-state index contributed by atoms with van der Waals surface area (Å²) in [6.45, 7) is 7.82. The van der Waals surface area contributed by atoms with E-state index in [0.29, 0.717) is 11.1 Å². The molecule has 7 heteroatoms. The van der Waals surface area contributed by atoms with E-state index in [1.807, 2.05) is 30.3 Å². The molecule has 1 saturated heterocycles. The van der Waals surface area contributed by atoms with Gasteiger partial charge in [0, 0.05) is 18.5 Å². The molecule has 3 atom stereocenters. The van der Waals surface area contributed by atoms with Crippen molar-refractivity contribution in [2.75, 3.05) is 19.6 Å². The molecule has 0 bridgehead atoms. The largest absolute Gasteiger partial charge is 0.392 e. The van der Waals surface area contributed by atoms with E-state index < -0.39 is 6.29 Å². The van der Waals surface area contributed by atoms with E-state index in [9.17, 15) is 14.7 Å². The van der Waals surface area contributed by atoms with E-state index in [0.717, 1.165) is 59.4 Å². The van der Waals surface area contributed by atoms with Gasteiger partial charge in [0.1, 0.15) is 0 Å².